The Hall–Kier alpha value is -2.35. The van der Waals surface area contributed by atoms with Crippen molar-refractivity contribution >= 4 is 0 Å². The fraction of sp³-hybridized carbons (Fsp3) is 0.375. The van der Waals surface area contributed by atoms with Gasteiger partial charge in [0.1, 0.15) is 18.1 Å². The fourth-order valence-electron chi connectivity index (χ4n) is 2.20. The molecule has 2 nitrogen and oxygen atoms in total. The van der Waals surface area contributed by atoms with E-state index >= 15 is 0 Å². The predicted octanol–water partition coefficient (Wildman–Crippen LogP) is 6.29. The Labute approximate surface area is 160 Å². The Morgan fingerprint density at radius 2 is 1.19 bits per heavy atom. The lowest BCUT2D eigenvalue weighted by Gasteiger charge is -2.05. The molecule has 1 heterocycles. The molecule has 0 aliphatic heterocycles. The lowest BCUT2D eigenvalue weighted by molar-refractivity contribution is -0.659. The highest BCUT2D eigenvalue weighted by atomic mass is 15.1. The summed E-state index contributed by atoms with van der Waals surface area (Å²) in [6.07, 6.45) is 4.17. The quantitative estimate of drug-likeness (QED) is 0.490. The van der Waals surface area contributed by atoms with E-state index in [-0.39, 0.29) is 0 Å². The van der Waals surface area contributed by atoms with Crippen molar-refractivity contribution in [3.63, 3.8) is 0 Å². The first-order valence-electron chi connectivity index (χ1n) is 9.68. The van der Waals surface area contributed by atoms with Gasteiger partial charge in [-0.2, -0.15) is 4.57 Å². The van der Waals surface area contributed by atoms with Gasteiger partial charge in [-0.05, 0) is 36.1 Å². The van der Waals surface area contributed by atoms with Crippen LogP contribution in [-0.4, -0.2) is 4.57 Å². The highest BCUT2D eigenvalue weighted by molar-refractivity contribution is 5.55. The average molecular weight is 352 g/mol. The van der Waals surface area contributed by atoms with Crippen LogP contribution in [0.15, 0.2) is 73.1 Å². The van der Waals surface area contributed by atoms with Gasteiger partial charge < -0.3 is 0 Å². The van der Waals surface area contributed by atoms with Crippen molar-refractivity contribution in [2.24, 2.45) is 18.9 Å². The molecule has 26 heavy (non-hydrogen) atoms. The Balaban J connectivity index is 0.000000363. The van der Waals surface area contributed by atoms with Crippen molar-refractivity contribution in [1.29, 1.82) is 0 Å². The van der Waals surface area contributed by atoms with Crippen LogP contribution in [0.4, 0.5) is 0 Å². The van der Waals surface area contributed by atoms with Crippen LogP contribution in [0.5, 0.6) is 0 Å². The van der Waals surface area contributed by atoms with Gasteiger partial charge in [0, 0.05) is 0 Å². The first-order chi connectivity index (χ1) is 12.5. The van der Waals surface area contributed by atoms with E-state index in [0.29, 0.717) is 0 Å². The molecule has 0 unspecified atom stereocenters. The van der Waals surface area contributed by atoms with Crippen LogP contribution in [0.2, 0.25) is 0 Å². The van der Waals surface area contributed by atoms with Crippen molar-refractivity contribution in [3.05, 3.63) is 73.1 Å². The van der Waals surface area contributed by atoms with Crippen LogP contribution < -0.4 is 4.57 Å². The molecule has 2 aromatic carbocycles. The number of nitrogens with zero attached hydrogens (tertiary/aromatic N) is 2. The smallest absolute Gasteiger partial charge is 0.232 e. The fourth-order valence-corrected chi connectivity index (χ4v) is 2.20. The maximum absolute atomic E-state index is 2.24. The third-order valence-electron chi connectivity index (χ3n) is 4.40. The maximum Gasteiger partial charge on any atom is 0.293 e. The second kappa shape index (κ2) is 11.3. The zero-order valence-electron chi connectivity index (χ0n) is 17.5. The summed E-state index contributed by atoms with van der Waals surface area (Å²) in [6.45, 7) is 13.0. The van der Waals surface area contributed by atoms with Crippen molar-refractivity contribution in [1.82, 2.24) is 4.57 Å². The molecule has 0 aliphatic rings. The second-order valence-corrected chi connectivity index (χ2v) is 6.79. The number of hydrogen-bond acceptors (Lipinski definition) is 0. The third kappa shape index (κ3) is 6.18. The summed E-state index contributed by atoms with van der Waals surface area (Å²) < 4.78 is 4.34. The Bertz CT molecular complexity index is 719. The number of aromatic nitrogens is 2. The van der Waals surface area contributed by atoms with Gasteiger partial charge in [-0.3, -0.25) is 0 Å². The number of para-hydroxylation sites is 1. The summed E-state index contributed by atoms with van der Waals surface area (Å²) in [5.74, 6) is 2.89. The van der Waals surface area contributed by atoms with Crippen LogP contribution >= 0.6 is 0 Å². The minimum absolute atomic E-state index is 0.852. The van der Waals surface area contributed by atoms with Crippen molar-refractivity contribution in [3.8, 4) is 17.1 Å². The standard InChI is InChI=1S/C16H15N2.C6H14.C2H6/c1-17-12-13-18(15-10-6-3-7-11-15)16(17)14-8-4-2-5-9-14;1-5(2)6(3)4;1-2/h2-13H,1H3;5-6H,1-4H3;1-2H3/q+1;;. The summed E-state index contributed by atoms with van der Waals surface area (Å²) in [6, 6.07) is 20.8. The minimum Gasteiger partial charge on any atom is -0.232 e. The molecule has 0 amide bonds. The molecule has 140 valence electrons. The average Bonchev–Trinajstić information content (AvgIpc) is 3.07. The van der Waals surface area contributed by atoms with Crippen molar-refractivity contribution in [2.75, 3.05) is 0 Å². The number of rotatable bonds is 3. The normalized spacial score (nSPS) is 10.0. The SMILES string of the molecule is CC.CC(C)C(C)C.C[n+]1ccn(-c2ccccc2)c1-c1ccccc1. The number of hydrogen-bond donors (Lipinski definition) is 0. The molecule has 3 rings (SSSR count). The zero-order chi connectivity index (χ0) is 19.5. The molecule has 0 radical (unpaired) electrons. The van der Waals surface area contributed by atoms with Gasteiger partial charge in [0.05, 0.1) is 12.6 Å². The topological polar surface area (TPSA) is 8.81 Å². The molecule has 2 heteroatoms. The number of aryl methyl sites for hydroxylation is 1. The van der Waals surface area contributed by atoms with Gasteiger partial charge in [-0.15, -0.1) is 0 Å². The van der Waals surface area contributed by atoms with Gasteiger partial charge in [0.2, 0.25) is 0 Å². The monoisotopic (exact) mass is 351 g/mol. The van der Waals surface area contributed by atoms with Gasteiger partial charge in [-0.1, -0.05) is 77.9 Å². The predicted molar refractivity (Wildman–Crippen MR) is 113 cm³/mol. The minimum atomic E-state index is 0.852. The largest absolute Gasteiger partial charge is 0.293 e. The van der Waals surface area contributed by atoms with E-state index in [1.54, 1.807) is 0 Å². The van der Waals surface area contributed by atoms with Crippen LogP contribution in [-0.2, 0) is 7.05 Å². The summed E-state index contributed by atoms with van der Waals surface area (Å²) in [5.41, 5.74) is 2.39. The molecule has 3 aromatic rings. The molecule has 0 saturated carbocycles. The van der Waals surface area contributed by atoms with E-state index in [0.717, 1.165) is 11.8 Å². The van der Waals surface area contributed by atoms with Crippen LogP contribution in [0.3, 0.4) is 0 Å². The molecule has 0 fully saturated rings. The van der Waals surface area contributed by atoms with Gasteiger partial charge in [0.25, 0.3) is 5.82 Å². The summed E-state index contributed by atoms with van der Waals surface area (Å²) in [4.78, 5) is 0. The van der Waals surface area contributed by atoms with E-state index in [1.165, 1.54) is 17.1 Å². The molecule has 0 aliphatic carbocycles. The second-order valence-electron chi connectivity index (χ2n) is 6.79. The first kappa shape index (κ1) is 21.7. The summed E-state index contributed by atoms with van der Waals surface area (Å²) >= 11 is 0. The Kier molecular flexibility index (Phi) is 9.43. The summed E-state index contributed by atoms with van der Waals surface area (Å²) in [7, 11) is 2.07. The van der Waals surface area contributed by atoms with Crippen LogP contribution in [0.1, 0.15) is 41.5 Å². The van der Waals surface area contributed by atoms with Gasteiger partial charge in [0.15, 0.2) is 0 Å². The van der Waals surface area contributed by atoms with Crippen molar-refractivity contribution in [2.45, 2.75) is 41.5 Å². The molecule has 0 saturated heterocycles. The van der Waals surface area contributed by atoms with Crippen molar-refractivity contribution < 1.29 is 4.57 Å². The molecular formula is C24H35N2+. The molecule has 0 N–H and O–H groups in total. The molecule has 0 bridgehead atoms. The first-order valence-corrected chi connectivity index (χ1v) is 9.68. The Morgan fingerprint density at radius 1 is 0.731 bits per heavy atom. The van der Waals surface area contributed by atoms with Crippen LogP contribution in [0.25, 0.3) is 17.1 Å². The maximum atomic E-state index is 2.24. The van der Waals surface area contributed by atoms with E-state index in [4.69, 9.17) is 0 Å². The number of imidazole rings is 1. The van der Waals surface area contributed by atoms with Gasteiger partial charge in [-0.25, -0.2) is 4.57 Å². The molecule has 0 atom stereocenters. The lowest BCUT2D eigenvalue weighted by Crippen LogP contribution is -2.28. The highest BCUT2D eigenvalue weighted by Gasteiger charge is 2.17. The van der Waals surface area contributed by atoms with E-state index in [1.807, 2.05) is 26.0 Å². The van der Waals surface area contributed by atoms with E-state index in [9.17, 15) is 0 Å². The molecular weight excluding hydrogens is 316 g/mol. The van der Waals surface area contributed by atoms with Crippen LogP contribution in [0, 0.1) is 11.8 Å². The highest BCUT2D eigenvalue weighted by Crippen LogP contribution is 2.19. The van der Waals surface area contributed by atoms with Gasteiger partial charge >= 0.3 is 0 Å². The third-order valence-corrected chi connectivity index (χ3v) is 4.40. The molecule has 0 spiro atoms. The zero-order valence-corrected chi connectivity index (χ0v) is 17.5. The lowest BCUT2D eigenvalue weighted by atomic mass is 10.0. The Morgan fingerprint density at radius 3 is 1.65 bits per heavy atom. The van der Waals surface area contributed by atoms with E-state index in [2.05, 4.69) is 105 Å². The summed E-state index contributed by atoms with van der Waals surface area (Å²) in [5, 5.41) is 0. The number of benzene rings is 2. The molecule has 1 aromatic heterocycles. The van der Waals surface area contributed by atoms with E-state index < -0.39 is 0 Å².